The van der Waals surface area contributed by atoms with Crippen molar-refractivity contribution in [1.29, 1.82) is 0 Å². The lowest BCUT2D eigenvalue weighted by atomic mass is 9.99. The number of fused-ring (bicyclic) bond motifs is 2. The van der Waals surface area contributed by atoms with Gasteiger partial charge in [0.1, 0.15) is 0 Å². The van der Waals surface area contributed by atoms with Crippen LogP contribution in [0.5, 0.6) is 0 Å². The van der Waals surface area contributed by atoms with Crippen LogP contribution in [0.1, 0.15) is 52.1 Å². The molecule has 5 rings (SSSR count). The van der Waals surface area contributed by atoms with Gasteiger partial charge < -0.3 is 5.32 Å². The second-order valence-corrected chi connectivity index (χ2v) is 11.0. The molecular formula is C29H26N2O3S. The molecule has 0 saturated heterocycles. The summed E-state index contributed by atoms with van der Waals surface area (Å²) >= 11 is 0. The molecule has 1 heterocycles. The van der Waals surface area contributed by atoms with Crippen LogP contribution in [0.15, 0.2) is 83.8 Å². The Labute approximate surface area is 205 Å². The summed E-state index contributed by atoms with van der Waals surface area (Å²) < 4.78 is 23.5. The molecule has 1 aliphatic carbocycles. The molecule has 0 aliphatic heterocycles. The van der Waals surface area contributed by atoms with Crippen LogP contribution < -0.4 is 5.32 Å². The summed E-state index contributed by atoms with van der Waals surface area (Å²) in [6.07, 6.45) is 4.92. The quantitative estimate of drug-likeness (QED) is 0.401. The predicted octanol–water partition coefficient (Wildman–Crippen LogP) is 5.62. The molecule has 1 N–H and O–H groups in total. The van der Waals surface area contributed by atoms with Crippen molar-refractivity contribution in [3.8, 4) is 0 Å². The van der Waals surface area contributed by atoms with E-state index in [0.717, 1.165) is 51.7 Å². The molecule has 5 nitrogen and oxygen atoms in total. The molecule has 1 atom stereocenters. The standard InChI is InChI=1S/C29H26N2O3S/c1-19(21-12-15-23(16-13-21)35(2,33)34)30-29(32)27-24-10-6-7-11-26(24)31-28-22(14-17-25(27)28)18-20-8-4-3-5-9-20/h3-13,15-16,18-19H,14,17H2,1-2H3,(H,30,32)/b22-18+. The number of hydrogen-bond donors (Lipinski definition) is 1. The van der Waals surface area contributed by atoms with E-state index in [9.17, 15) is 13.2 Å². The number of pyridine rings is 1. The second kappa shape index (κ2) is 9.12. The zero-order valence-electron chi connectivity index (χ0n) is 19.7. The fourth-order valence-electron chi connectivity index (χ4n) is 4.64. The molecule has 0 bridgehead atoms. The van der Waals surface area contributed by atoms with E-state index in [1.54, 1.807) is 24.3 Å². The number of benzene rings is 3. The Morgan fingerprint density at radius 2 is 1.63 bits per heavy atom. The number of rotatable bonds is 5. The number of nitrogens with one attached hydrogen (secondary N) is 1. The van der Waals surface area contributed by atoms with Gasteiger partial charge in [-0.1, -0.05) is 60.7 Å². The SMILES string of the molecule is CC(NC(=O)c1c2c(nc3ccccc13)/C(=C/c1ccccc1)CC2)c1ccc(S(C)(=O)=O)cc1. The van der Waals surface area contributed by atoms with Crippen molar-refractivity contribution >= 4 is 38.3 Å². The molecule has 176 valence electrons. The van der Waals surface area contributed by atoms with Crippen molar-refractivity contribution in [2.75, 3.05) is 6.26 Å². The van der Waals surface area contributed by atoms with Crippen molar-refractivity contribution in [2.45, 2.75) is 30.7 Å². The Bertz CT molecular complexity index is 1560. The Hall–Kier alpha value is -3.77. The van der Waals surface area contributed by atoms with Crippen LogP contribution in [-0.2, 0) is 16.3 Å². The van der Waals surface area contributed by atoms with E-state index in [1.165, 1.54) is 6.26 Å². The van der Waals surface area contributed by atoms with E-state index in [4.69, 9.17) is 4.98 Å². The van der Waals surface area contributed by atoms with Crippen LogP contribution in [0, 0.1) is 0 Å². The molecule has 4 aromatic rings. The van der Waals surface area contributed by atoms with Crippen LogP contribution in [0.4, 0.5) is 0 Å². The topological polar surface area (TPSA) is 76.1 Å². The second-order valence-electron chi connectivity index (χ2n) is 8.95. The predicted molar refractivity (Wildman–Crippen MR) is 140 cm³/mol. The molecule has 0 spiro atoms. The van der Waals surface area contributed by atoms with Crippen molar-refractivity contribution in [3.63, 3.8) is 0 Å². The number of aromatic nitrogens is 1. The minimum absolute atomic E-state index is 0.152. The number of sulfone groups is 1. The molecular weight excluding hydrogens is 456 g/mol. The minimum atomic E-state index is -3.27. The lowest BCUT2D eigenvalue weighted by Gasteiger charge is -2.18. The molecule has 0 saturated carbocycles. The zero-order valence-corrected chi connectivity index (χ0v) is 20.5. The first-order valence-corrected chi connectivity index (χ1v) is 13.5. The fraction of sp³-hybridized carbons (Fsp3) is 0.172. The number of carbonyl (C=O) groups is 1. The van der Waals surface area contributed by atoms with Gasteiger partial charge >= 0.3 is 0 Å². The molecule has 0 radical (unpaired) electrons. The van der Waals surface area contributed by atoms with Crippen molar-refractivity contribution in [3.05, 3.63) is 107 Å². The summed E-state index contributed by atoms with van der Waals surface area (Å²) in [6, 6.07) is 24.3. The maximum absolute atomic E-state index is 13.6. The first-order valence-electron chi connectivity index (χ1n) is 11.6. The molecule has 1 unspecified atom stereocenters. The number of para-hydroxylation sites is 1. The van der Waals surface area contributed by atoms with Crippen LogP contribution in [0.2, 0.25) is 0 Å². The molecule has 1 amide bonds. The Morgan fingerprint density at radius 1 is 0.943 bits per heavy atom. The smallest absolute Gasteiger partial charge is 0.252 e. The van der Waals surface area contributed by atoms with E-state index < -0.39 is 9.84 Å². The third-order valence-corrected chi connectivity index (χ3v) is 7.59. The highest BCUT2D eigenvalue weighted by atomic mass is 32.2. The van der Waals surface area contributed by atoms with Gasteiger partial charge in [-0.2, -0.15) is 0 Å². The van der Waals surface area contributed by atoms with Gasteiger partial charge in [0.15, 0.2) is 9.84 Å². The van der Waals surface area contributed by atoms with Crippen molar-refractivity contribution in [1.82, 2.24) is 10.3 Å². The maximum atomic E-state index is 13.6. The largest absolute Gasteiger partial charge is 0.345 e. The highest BCUT2D eigenvalue weighted by Crippen LogP contribution is 2.37. The summed E-state index contributed by atoms with van der Waals surface area (Å²) in [7, 11) is -3.27. The van der Waals surface area contributed by atoms with Gasteiger partial charge in [0, 0.05) is 11.6 Å². The highest BCUT2D eigenvalue weighted by molar-refractivity contribution is 7.90. The summed E-state index contributed by atoms with van der Waals surface area (Å²) in [5, 5.41) is 3.96. The third-order valence-electron chi connectivity index (χ3n) is 6.47. The van der Waals surface area contributed by atoms with Gasteiger partial charge in [0.2, 0.25) is 0 Å². The number of amides is 1. The number of nitrogens with zero attached hydrogens (tertiary/aromatic N) is 1. The number of allylic oxidation sites excluding steroid dienone is 1. The first kappa shape index (κ1) is 23.0. The van der Waals surface area contributed by atoms with E-state index >= 15 is 0 Å². The summed E-state index contributed by atoms with van der Waals surface area (Å²) in [6.45, 7) is 1.90. The Kier molecular flexibility index (Phi) is 5.99. The van der Waals surface area contributed by atoms with Gasteiger partial charge in [-0.25, -0.2) is 13.4 Å². The van der Waals surface area contributed by atoms with E-state index in [0.29, 0.717) is 5.56 Å². The Morgan fingerprint density at radius 3 is 2.34 bits per heavy atom. The van der Waals surface area contributed by atoms with Crippen LogP contribution in [0.3, 0.4) is 0 Å². The summed E-state index contributed by atoms with van der Waals surface area (Å²) in [5.74, 6) is -0.152. The fourth-order valence-corrected chi connectivity index (χ4v) is 5.28. The molecule has 1 aliphatic rings. The third kappa shape index (κ3) is 4.62. The van der Waals surface area contributed by atoms with Crippen molar-refractivity contribution < 1.29 is 13.2 Å². The highest BCUT2D eigenvalue weighted by Gasteiger charge is 2.27. The summed E-state index contributed by atoms with van der Waals surface area (Å²) in [5.41, 5.74) is 6.42. The van der Waals surface area contributed by atoms with Crippen LogP contribution in [0.25, 0.3) is 22.6 Å². The molecule has 3 aromatic carbocycles. The van der Waals surface area contributed by atoms with Gasteiger partial charge in [0.25, 0.3) is 5.91 Å². The van der Waals surface area contributed by atoms with Crippen LogP contribution >= 0.6 is 0 Å². The Balaban J connectivity index is 1.52. The van der Waals surface area contributed by atoms with Crippen LogP contribution in [-0.4, -0.2) is 25.6 Å². The maximum Gasteiger partial charge on any atom is 0.252 e. The average Bonchev–Trinajstić information content (AvgIpc) is 3.24. The van der Waals surface area contributed by atoms with Gasteiger partial charge in [-0.3, -0.25) is 4.79 Å². The number of carbonyl (C=O) groups excluding carboxylic acids is 1. The number of hydrogen-bond acceptors (Lipinski definition) is 4. The monoisotopic (exact) mass is 482 g/mol. The van der Waals surface area contributed by atoms with Gasteiger partial charge in [-0.05, 0) is 66.3 Å². The lowest BCUT2D eigenvalue weighted by molar-refractivity contribution is 0.0940. The van der Waals surface area contributed by atoms with Gasteiger partial charge in [-0.15, -0.1) is 0 Å². The van der Waals surface area contributed by atoms with E-state index in [2.05, 4.69) is 23.5 Å². The molecule has 1 aromatic heterocycles. The van der Waals surface area contributed by atoms with E-state index in [-0.39, 0.29) is 16.8 Å². The normalized spacial score (nSPS) is 15.2. The zero-order chi connectivity index (χ0) is 24.6. The van der Waals surface area contributed by atoms with E-state index in [1.807, 2.05) is 49.4 Å². The lowest BCUT2D eigenvalue weighted by Crippen LogP contribution is -2.28. The first-order chi connectivity index (χ1) is 16.8. The molecule has 6 heteroatoms. The van der Waals surface area contributed by atoms with Gasteiger partial charge in [0.05, 0.1) is 27.7 Å². The van der Waals surface area contributed by atoms with Crippen molar-refractivity contribution in [2.24, 2.45) is 0 Å². The molecule has 35 heavy (non-hydrogen) atoms. The average molecular weight is 483 g/mol. The minimum Gasteiger partial charge on any atom is -0.345 e. The molecule has 0 fully saturated rings. The summed E-state index contributed by atoms with van der Waals surface area (Å²) in [4.78, 5) is 18.8.